The SMILES string of the molecule is CC(C)[C@@H](NC(=O)c1ccc(N(C)c2ccccc2)nc1)C(=O)O. The summed E-state index contributed by atoms with van der Waals surface area (Å²) >= 11 is 0. The molecule has 1 heterocycles. The lowest BCUT2D eigenvalue weighted by Crippen LogP contribution is -2.44. The molecule has 0 aliphatic rings. The van der Waals surface area contributed by atoms with E-state index in [1.807, 2.05) is 42.3 Å². The quantitative estimate of drug-likeness (QED) is 0.852. The Morgan fingerprint density at radius 2 is 1.79 bits per heavy atom. The van der Waals surface area contributed by atoms with Gasteiger partial charge in [0.05, 0.1) is 5.56 Å². The van der Waals surface area contributed by atoms with Crippen LogP contribution in [0, 0.1) is 5.92 Å². The van der Waals surface area contributed by atoms with Crippen molar-refractivity contribution in [1.29, 1.82) is 0 Å². The largest absolute Gasteiger partial charge is 0.480 e. The van der Waals surface area contributed by atoms with Crippen LogP contribution in [0.5, 0.6) is 0 Å². The van der Waals surface area contributed by atoms with Gasteiger partial charge in [0.2, 0.25) is 0 Å². The Bertz CT molecular complexity index is 699. The van der Waals surface area contributed by atoms with Crippen molar-refractivity contribution in [2.45, 2.75) is 19.9 Å². The molecule has 6 heteroatoms. The van der Waals surface area contributed by atoms with Crippen LogP contribution in [0.4, 0.5) is 11.5 Å². The fourth-order valence-corrected chi connectivity index (χ4v) is 2.24. The van der Waals surface area contributed by atoms with E-state index in [2.05, 4.69) is 10.3 Å². The molecule has 0 spiro atoms. The van der Waals surface area contributed by atoms with Crippen molar-refractivity contribution >= 4 is 23.4 Å². The Labute approximate surface area is 141 Å². The van der Waals surface area contributed by atoms with Gasteiger partial charge in [0.15, 0.2) is 0 Å². The van der Waals surface area contributed by atoms with Crippen LogP contribution in [-0.4, -0.2) is 35.1 Å². The normalized spacial score (nSPS) is 11.8. The molecule has 1 aromatic heterocycles. The summed E-state index contributed by atoms with van der Waals surface area (Å²) in [4.78, 5) is 29.5. The van der Waals surface area contributed by atoms with Gasteiger partial charge in [-0.05, 0) is 30.2 Å². The van der Waals surface area contributed by atoms with Crippen LogP contribution in [-0.2, 0) is 4.79 Å². The summed E-state index contributed by atoms with van der Waals surface area (Å²) in [5.74, 6) is -1.01. The highest BCUT2D eigenvalue weighted by Gasteiger charge is 2.24. The van der Waals surface area contributed by atoms with Gasteiger partial charge >= 0.3 is 5.97 Å². The number of para-hydroxylation sites is 1. The fourth-order valence-electron chi connectivity index (χ4n) is 2.24. The number of carbonyl (C=O) groups excluding carboxylic acids is 1. The van der Waals surface area contributed by atoms with Crippen LogP contribution in [0.3, 0.4) is 0 Å². The first-order valence-electron chi connectivity index (χ1n) is 7.68. The molecule has 2 rings (SSSR count). The predicted octanol–water partition coefficient (Wildman–Crippen LogP) is 2.69. The van der Waals surface area contributed by atoms with E-state index in [0.717, 1.165) is 5.69 Å². The maximum Gasteiger partial charge on any atom is 0.326 e. The van der Waals surface area contributed by atoms with Crippen LogP contribution in [0.25, 0.3) is 0 Å². The smallest absolute Gasteiger partial charge is 0.326 e. The van der Waals surface area contributed by atoms with Crippen molar-refractivity contribution in [3.05, 3.63) is 54.2 Å². The van der Waals surface area contributed by atoms with Crippen LogP contribution in [0.15, 0.2) is 48.7 Å². The van der Waals surface area contributed by atoms with Crippen LogP contribution >= 0.6 is 0 Å². The number of aliphatic carboxylic acids is 1. The lowest BCUT2D eigenvalue weighted by molar-refractivity contribution is -0.140. The maximum absolute atomic E-state index is 12.2. The Kier molecular flexibility index (Phi) is 5.52. The molecule has 24 heavy (non-hydrogen) atoms. The van der Waals surface area contributed by atoms with Crippen molar-refractivity contribution < 1.29 is 14.7 Å². The summed E-state index contributed by atoms with van der Waals surface area (Å²) in [6, 6.07) is 12.2. The van der Waals surface area contributed by atoms with Crippen LogP contribution < -0.4 is 10.2 Å². The number of carbonyl (C=O) groups is 2. The van der Waals surface area contributed by atoms with Gasteiger partial charge in [-0.15, -0.1) is 0 Å². The summed E-state index contributed by atoms with van der Waals surface area (Å²) in [5, 5.41) is 11.7. The van der Waals surface area contributed by atoms with E-state index in [1.165, 1.54) is 6.20 Å². The molecule has 6 nitrogen and oxygen atoms in total. The number of benzene rings is 1. The van der Waals surface area contributed by atoms with Gasteiger partial charge in [-0.1, -0.05) is 32.0 Å². The zero-order valence-corrected chi connectivity index (χ0v) is 13.9. The number of carboxylic acid groups (broad SMARTS) is 1. The van der Waals surface area contributed by atoms with Crippen molar-refractivity contribution in [2.24, 2.45) is 5.92 Å². The van der Waals surface area contributed by atoms with E-state index in [1.54, 1.807) is 26.0 Å². The third-order valence-corrected chi connectivity index (χ3v) is 3.72. The summed E-state index contributed by atoms with van der Waals surface area (Å²) in [6.07, 6.45) is 1.45. The molecule has 1 aromatic carbocycles. The summed E-state index contributed by atoms with van der Waals surface area (Å²) < 4.78 is 0. The van der Waals surface area contributed by atoms with E-state index in [9.17, 15) is 9.59 Å². The predicted molar refractivity (Wildman–Crippen MR) is 92.5 cm³/mol. The molecule has 0 saturated heterocycles. The minimum Gasteiger partial charge on any atom is -0.480 e. The molecule has 0 fully saturated rings. The zero-order valence-electron chi connectivity index (χ0n) is 13.9. The second-order valence-electron chi connectivity index (χ2n) is 5.83. The van der Waals surface area contributed by atoms with Gasteiger partial charge in [0, 0.05) is 18.9 Å². The topological polar surface area (TPSA) is 82.5 Å². The summed E-state index contributed by atoms with van der Waals surface area (Å²) in [5.41, 5.74) is 1.31. The molecule has 0 unspecified atom stereocenters. The number of hydrogen-bond acceptors (Lipinski definition) is 4. The van der Waals surface area contributed by atoms with E-state index in [0.29, 0.717) is 11.4 Å². The second-order valence-corrected chi connectivity index (χ2v) is 5.83. The van der Waals surface area contributed by atoms with Crippen molar-refractivity contribution in [1.82, 2.24) is 10.3 Å². The minimum atomic E-state index is -1.05. The Hall–Kier alpha value is -2.89. The first-order valence-corrected chi connectivity index (χ1v) is 7.68. The molecule has 0 radical (unpaired) electrons. The Balaban J connectivity index is 2.11. The van der Waals surface area contributed by atoms with Gasteiger partial charge < -0.3 is 15.3 Å². The molecule has 1 atom stereocenters. The number of aromatic nitrogens is 1. The molecule has 0 saturated carbocycles. The lowest BCUT2D eigenvalue weighted by atomic mass is 10.0. The van der Waals surface area contributed by atoms with E-state index < -0.39 is 17.9 Å². The molecule has 0 aliphatic heterocycles. The second kappa shape index (κ2) is 7.59. The Morgan fingerprint density at radius 3 is 2.29 bits per heavy atom. The average Bonchev–Trinajstić information content (AvgIpc) is 2.59. The van der Waals surface area contributed by atoms with E-state index in [-0.39, 0.29) is 5.92 Å². The van der Waals surface area contributed by atoms with Crippen LogP contribution in [0.1, 0.15) is 24.2 Å². The molecular weight excluding hydrogens is 306 g/mol. The van der Waals surface area contributed by atoms with E-state index >= 15 is 0 Å². The fraction of sp³-hybridized carbons (Fsp3) is 0.278. The standard InChI is InChI=1S/C18H21N3O3/c1-12(2)16(18(23)24)20-17(22)13-9-10-15(19-11-13)21(3)14-7-5-4-6-8-14/h4-12,16H,1-3H3,(H,20,22)(H,23,24)/t16-/m1/s1. The number of amides is 1. The number of carboxylic acids is 1. The van der Waals surface area contributed by atoms with Gasteiger partial charge in [0.25, 0.3) is 5.91 Å². The number of hydrogen-bond donors (Lipinski definition) is 2. The van der Waals surface area contributed by atoms with Gasteiger partial charge in [-0.2, -0.15) is 0 Å². The van der Waals surface area contributed by atoms with Crippen molar-refractivity contribution in [3.63, 3.8) is 0 Å². The molecule has 0 aliphatic carbocycles. The van der Waals surface area contributed by atoms with Crippen molar-refractivity contribution in [2.75, 3.05) is 11.9 Å². The van der Waals surface area contributed by atoms with Crippen LogP contribution in [0.2, 0.25) is 0 Å². The zero-order chi connectivity index (χ0) is 17.7. The molecule has 2 aromatic rings. The highest BCUT2D eigenvalue weighted by atomic mass is 16.4. The van der Waals surface area contributed by atoms with Gasteiger partial charge in [-0.3, -0.25) is 4.79 Å². The highest BCUT2D eigenvalue weighted by Crippen LogP contribution is 2.20. The average molecular weight is 327 g/mol. The number of rotatable bonds is 6. The summed E-state index contributed by atoms with van der Waals surface area (Å²) in [7, 11) is 1.89. The Morgan fingerprint density at radius 1 is 1.12 bits per heavy atom. The molecule has 0 bridgehead atoms. The molecule has 2 N–H and O–H groups in total. The van der Waals surface area contributed by atoms with Gasteiger partial charge in [-0.25, -0.2) is 9.78 Å². The number of anilines is 2. The highest BCUT2D eigenvalue weighted by molar-refractivity contribution is 5.96. The number of nitrogens with zero attached hydrogens (tertiary/aromatic N) is 2. The molecule has 126 valence electrons. The third kappa shape index (κ3) is 4.10. The number of pyridine rings is 1. The molecular formula is C18H21N3O3. The minimum absolute atomic E-state index is 0.206. The summed E-state index contributed by atoms with van der Waals surface area (Å²) in [6.45, 7) is 3.49. The first kappa shape index (κ1) is 17.5. The molecule has 1 amide bonds. The third-order valence-electron chi connectivity index (χ3n) is 3.72. The number of nitrogens with one attached hydrogen (secondary N) is 1. The lowest BCUT2D eigenvalue weighted by Gasteiger charge is -2.19. The van der Waals surface area contributed by atoms with Gasteiger partial charge in [0.1, 0.15) is 11.9 Å². The first-order chi connectivity index (χ1) is 11.4. The maximum atomic E-state index is 12.2. The van der Waals surface area contributed by atoms with E-state index in [4.69, 9.17) is 5.11 Å². The monoisotopic (exact) mass is 327 g/mol. The van der Waals surface area contributed by atoms with Crippen molar-refractivity contribution in [3.8, 4) is 0 Å².